The number of fused-ring (bicyclic) bond motifs is 1. The zero-order valence-electron chi connectivity index (χ0n) is 20.7. The molecule has 0 spiro atoms. The van der Waals surface area contributed by atoms with Crippen LogP contribution >= 0.6 is 0 Å². The van der Waals surface area contributed by atoms with Crippen LogP contribution in [0.25, 0.3) is 0 Å². The Morgan fingerprint density at radius 2 is 2.00 bits per heavy atom. The Kier molecular flexibility index (Phi) is 6.22. The van der Waals surface area contributed by atoms with Crippen molar-refractivity contribution in [3.63, 3.8) is 0 Å². The van der Waals surface area contributed by atoms with E-state index in [1.54, 1.807) is 17.9 Å². The van der Waals surface area contributed by atoms with Gasteiger partial charge in [-0.1, -0.05) is 6.07 Å². The van der Waals surface area contributed by atoms with Crippen molar-refractivity contribution in [2.75, 3.05) is 24.5 Å². The molecule has 3 aromatic rings. The van der Waals surface area contributed by atoms with E-state index in [0.717, 1.165) is 33.6 Å². The summed E-state index contributed by atoms with van der Waals surface area (Å²) in [4.78, 5) is 46.2. The minimum atomic E-state index is -0.187. The molecule has 2 aliphatic rings. The van der Waals surface area contributed by atoms with Crippen molar-refractivity contribution >= 4 is 23.5 Å². The summed E-state index contributed by atoms with van der Waals surface area (Å²) in [6, 6.07) is 7.03. The highest BCUT2D eigenvalue weighted by atomic mass is 16.3. The van der Waals surface area contributed by atoms with Crippen LogP contribution in [-0.4, -0.2) is 47.4 Å². The maximum absolute atomic E-state index is 13.4. The van der Waals surface area contributed by atoms with Gasteiger partial charge >= 0.3 is 6.03 Å². The Hall–Kier alpha value is -4.14. The van der Waals surface area contributed by atoms with Gasteiger partial charge in [-0.25, -0.2) is 4.79 Å². The minimum absolute atomic E-state index is 0.0765. The molecule has 0 saturated carbocycles. The number of urea groups is 1. The van der Waals surface area contributed by atoms with Crippen molar-refractivity contribution < 1.29 is 18.8 Å². The number of pyridine rings is 1. The number of nitrogens with zero attached hydrogens (tertiary/aromatic N) is 3. The molecule has 9 heteroatoms. The lowest BCUT2D eigenvalue weighted by molar-refractivity contribution is 0.0734. The first kappa shape index (κ1) is 23.6. The van der Waals surface area contributed by atoms with Crippen molar-refractivity contribution in [3.8, 4) is 0 Å². The van der Waals surface area contributed by atoms with Crippen LogP contribution in [-0.2, 0) is 19.5 Å². The van der Waals surface area contributed by atoms with Crippen LogP contribution in [0.15, 0.2) is 41.1 Å². The van der Waals surface area contributed by atoms with Crippen LogP contribution in [0.2, 0.25) is 0 Å². The first-order valence-corrected chi connectivity index (χ1v) is 12.1. The molecule has 9 nitrogen and oxygen atoms in total. The molecule has 0 aliphatic carbocycles. The molecule has 2 N–H and O–H groups in total. The van der Waals surface area contributed by atoms with E-state index in [2.05, 4.69) is 15.6 Å². The van der Waals surface area contributed by atoms with E-state index >= 15 is 0 Å². The fourth-order valence-corrected chi connectivity index (χ4v) is 4.93. The third-order valence-corrected chi connectivity index (χ3v) is 7.02. The van der Waals surface area contributed by atoms with Crippen molar-refractivity contribution in [2.24, 2.45) is 0 Å². The standard InChI is InChI=1S/C27H29N5O4/c1-16-4-5-19(12-24(16)32-10-8-28-27(32)35)26(34)31-9-6-22-20(15-31)13-29-17(2)23(22)14-30-25(33)21-7-11-36-18(21)3/h4-5,7,11-13H,6,8-10,14-15H2,1-3H3,(H,28,35)(H,30,33). The van der Waals surface area contributed by atoms with Gasteiger partial charge in [-0.3, -0.25) is 19.5 Å². The van der Waals surface area contributed by atoms with Gasteiger partial charge in [0.15, 0.2) is 0 Å². The SMILES string of the molecule is Cc1ccc(C(=O)N2CCc3c(cnc(C)c3CNC(=O)c3ccoc3C)C2)cc1N1CCNC1=O. The number of hydrogen-bond acceptors (Lipinski definition) is 5. The smallest absolute Gasteiger partial charge is 0.322 e. The molecule has 0 atom stereocenters. The van der Waals surface area contributed by atoms with Gasteiger partial charge in [0.05, 0.1) is 11.8 Å². The monoisotopic (exact) mass is 487 g/mol. The molecular formula is C27H29N5O4. The summed E-state index contributed by atoms with van der Waals surface area (Å²) in [6.07, 6.45) is 4.00. The molecule has 36 heavy (non-hydrogen) atoms. The van der Waals surface area contributed by atoms with Crippen LogP contribution in [0, 0.1) is 20.8 Å². The lowest BCUT2D eigenvalue weighted by atomic mass is 9.94. The number of amides is 4. The highest BCUT2D eigenvalue weighted by Crippen LogP contribution is 2.28. The average Bonchev–Trinajstić information content (AvgIpc) is 3.50. The second kappa shape index (κ2) is 9.49. The summed E-state index contributed by atoms with van der Waals surface area (Å²) in [5.74, 6) is 0.316. The van der Waals surface area contributed by atoms with E-state index in [0.29, 0.717) is 56.0 Å². The molecule has 1 saturated heterocycles. The van der Waals surface area contributed by atoms with Crippen LogP contribution < -0.4 is 15.5 Å². The third-order valence-electron chi connectivity index (χ3n) is 7.02. The van der Waals surface area contributed by atoms with Crippen LogP contribution in [0.5, 0.6) is 0 Å². The fourth-order valence-electron chi connectivity index (χ4n) is 4.93. The number of carbonyl (C=O) groups is 3. The summed E-state index contributed by atoms with van der Waals surface area (Å²) in [7, 11) is 0. The van der Waals surface area contributed by atoms with Gasteiger partial charge in [-0.05, 0) is 67.6 Å². The third kappa shape index (κ3) is 4.32. The van der Waals surface area contributed by atoms with Gasteiger partial charge in [0.25, 0.3) is 11.8 Å². The van der Waals surface area contributed by atoms with Crippen molar-refractivity contribution in [1.82, 2.24) is 20.5 Å². The minimum Gasteiger partial charge on any atom is -0.469 e. The topological polar surface area (TPSA) is 108 Å². The molecule has 186 valence electrons. The predicted molar refractivity (Wildman–Crippen MR) is 134 cm³/mol. The molecule has 0 unspecified atom stereocenters. The zero-order valence-corrected chi connectivity index (χ0v) is 20.7. The van der Waals surface area contributed by atoms with E-state index in [1.165, 1.54) is 6.26 Å². The molecule has 4 amide bonds. The fraction of sp³-hybridized carbons (Fsp3) is 0.333. The van der Waals surface area contributed by atoms with Crippen molar-refractivity contribution in [2.45, 2.75) is 40.3 Å². The largest absolute Gasteiger partial charge is 0.469 e. The molecule has 2 aliphatic heterocycles. The summed E-state index contributed by atoms with van der Waals surface area (Å²) in [5, 5.41) is 5.79. The first-order chi connectivity index (χ1) is 17.3. The predicted octanol–water partition coefficient (Wildman–Crippen LogP) is 3.26. The van der Waals surface area contributed by atoms with Gasteiger partial charge < -0.3 is 20.0 Å². The highest BCUT2D eigenvalue weighted by Gasteiger charge is 2.27. The number of carbonyl (C=O) groups excluding carboxylic acids is 3. The first-order valence-electron chi connectivity index (χ1n) is 12.1. The van der Waals surface area contributed by atoms with E-state index in [1.807, 2.05) is 43.1 Å². The van der Waals surface area contributed by atoms with Crippen LogP contribution in [0.3, 0.4) is 0 Å². The van der Waals surface area contributed by atoms with Gasteiger partial charge in [0, 0.05) is 55.9 Å². The van der Waals surface area contributed by atoms with Crippen molar-refractivity contribution in [3.05, 3.63) is 81.6 Å². The van der Waals surface area contributed by atoms with Gasteiger partial charge in [-0.15, -0.1) is 0 Å². The quantitative estimate of drug-likeness (QED) is 0.574. The Labute approximate surface area is 209 Å². The number of benzene rings is 1. The van der Waals surface area contributed by atoms with Crippen LogP contribution in [0.4, 0.5) is 10.5 Å². The van der Waals surface area contributed by atoms with Gasteiger partial charge in [-0.2, -0.15) is 0 Å². The number of anilines is 1. The zero-order chi connectivity index (χ0) is 25.4. The number of aryl methyl sites for hydroxylation is 3. The Morgan fingerprint density at radius 1 is 1.17 bits per heavy atom. The number of aromatic nitrogens is 1. The molecular weight excluding hydrogens is 458 g/mol. The second-order valence-electron chi connectivity index (χ2n) is 9.26. The lowest BCUT2D eigenvalue weighted by Gasteiger charge is -2.31. The van der Waals surface area contributed by atoms with E-state index in [-0.39, 0.29) is 17.8 Å². The van der Waals surface area contributed by atoms with E-state index in [9.17, 15) is 14.4 Å². The summed E-state index contributed by atoms with van der Waals surface area (Å²) in [6.45, 7) is 8.17. The molecule has 2 aromatic heterocycles. The molecule has 1 aromatic carbocycles. The number of rotatable bonds is 5. The maximum atomic E-state index is 13.4. The number of nitrogens with one attached hydrogen (secondary N) is 2. The highest BCUT2D eigenvalue weighted by molar-refractivity contribution is 5.99. The van der Waals surface area contributed by atoms with Crippen molar-refractivity contribution in [1.29, 1.82) is 0 Å². The number of hydrogen-bond donors (Lipinski definition) is 2. The molecule has 1 fully saturated rings. The molecule has 5 rings (SSSR count). The van der Waals surface area contributed by atoms with Crippen LogP contribution in [0.1, 0.15) is 54.4 Å². The summed E-state index contributed by atoms with van der Waals surface area (Å²) < 4.78 is 5.24. The molecule has 0 bridgehead atoms. The van der Waals surface area contributed by atoms with Gasteiger partial charge in [0.2, 0.25) is 0 Å². The van der Waals surface area contributed by atoms with E-state index < -0.39 is 0 Å². The Morgan fingerprint density at radius 3 is 2.72 bits per heavy atom. The average molecular weight is 488 g/mol. The molecule has 4 heterocycles. The number of furan rings is 1. The normalized spacial score (nSPS) is 15.0. The van der Waals surface area contributed by atoms with Gasteiger partial charge in [0.1, 0.15) is 5.76 Å². The summed E-state index contributed by atoms with van der Waals surface area (Å²) >= 11 is 0. The van der Waals surface area contributed by atoms with E-state index in [4.69, 9.17) is 4.42 Å². The maximum Gasteiger partial charge on any atom is 0.322 e. The second-order valence-corrected chi connectivity index (χ2v) is 9.26. The Balaban J connectivity index is 1.33. The molecule has 0 radical (unpaired) electrons. The summed E-state index contributed by atoms with van der Waals surface area (Å²) in [5.41, 5.74) is 6.76. The lowest BCUT2D eigenvalue weighted by Crippen LogP contribution is -2.37. The Bertz CT molecular complexity index is 1360.